The van der Waals surface area contributed by atoms with Crippen molar-refractivity contribution in [2.75, 3.05) is 7.11 Å². The minimum Gasteiger partial charge on any atom is -0.496 e. The summed E-state index contributed by atoms with van der Waals surface area (Å²) in [5.41, 5.74) is 3.48. The molecule has 0 atom stereocenters. The second-order valence-corrected chi connectivity index (χ2v) is 5.40. The van der Waals surface area contributed by atoms with E-state index in [2.05, 4.69) is 17.4 Å². The summed E-state index contributed by atoms with van der Waals surface area (Å²) in [7, 11) is 1.73. The van der Waals surface area contributed by atoms with Gasteiger partial charge in [-0.05, 0) is 36.6 Å². The van der Waals surface area contributed by atoms with E-state index in [1.807, 2.05) is 12.1 Å². The Morgan fingerprint density at radius 2 is 2.05 bits per heavy atom. The molecule has 0 amide bonds. The van der Waals surface area contributed by atoms with Gasteiger partial charge in [0, 0.05) is 23.7 Å². The van der Waals surface area contributed by atoms with Crippen LogP contribution in [-0.2, 0) is 6.54 Å². The maximum absolute atomic E-state index is 5.47. The number of furan rings is 1. The Bertz CT molecular complexity index is 542. The fourth-order valence-corrected chi connectivity index (χ4v) is 2.91. The van der Waals surface area contributed by atoms with Crippen LogP contribution < -0.4 is 10.1 Å². The quantitative estimate of drug-likeness (QED) is 0.893. The fraction of sp³-hybridized carbons (Fsp3) is 0.412. The van der Waals surface area contributed by atoms with Gasteiger partial charge in [0.2, 0.25) is 0 Å². The molecule has 1 aromatic carbocycles. The zero-order chi connectivity index (χ0) is 13.8. The van der Waals surface area contributed by atoms with Gasteiger partial charge in [-0.25, -0.2) is 0 Å². The van der Waals surface area contributed by atoms with Crippen LogP contribution in [-0.4, -0.2) is 13.2 Å². The zero-order valence-corrected chi connectivity index (χ0v) is 11.9. The first-order valence-electron chi connectivity index (χ1n) is 7.29. The van der Waals surface area contributed by atoms with Gasteiger partial charge in [0.25, 0.3) is 0 Å². The molecule has 0 aliphatic heterocycles. The number of benzene rings is 1. The number of methoxy groups -OCH3 is 1. The molecule has 1 fully saturated rings. The van der Waals surface area contributed by atoms with E-state index in [0.29, 0.717) is 6.04 Å². The molecule has 3 heteroatoms. The van der Waals surface area contributed by atoms with Crippen molar-refractivity contribution < 1.29 is 9.15 Å². The first kappa shape index (κ1) is 13.3. The lowest BCUT2D eigenvalue weighted by molar-refractivity contribution is 0.405. The van der Waals surface area contributed by atoms with Crippen molar-refractivity contribution in [1.82, 2.24) is 5.32 Å². The lowest BCUT2D eigenvalue weighted by Crippen LogP contribution is -2.25. The molecular formula is C17H21NO2. The molecule has 1 aliphatic rings. The third kappa shape index (κ3) is 2.88. The third-order valence-corrected chi connectivity index (χ3v) is 4.07. The van der Waals surface area contributed by atoms with Crippen molar-refractivity contribution in [2.24, 2.45) is 0 Å². The molecule has 3 rings (SSSR count). The Balaban J connectivity index is 1.77. The highest BCUT2D eigenvalue weighted by Crippen LogP contribution is 2.27. The van der Waals surface area contributed by atoms with Crippen molar-refractivity contribution in [2.45, 2.75) is 38.3 Å². The van der Waals surface area contributed by atoms with Crippen LogP contribution in [0.4, 0.5) is 0 Å². The van der Waals surface area contributed by atoms with Crippen LogP contribution in [0.1, 0.15) is 31.2 Å². The Morgan fingerprint density at radius 3 is 2.75 bits per heavy atom. The molecule has 1 aliphatic carbocycles. The summed E-state index contributed by atoms with van der Waals surface area (Å²) >= 11 is 0. The van der Waals surface area contributed by atoms with E-state index in [1.165, 1.54) is 36.8 Å². The second-order valence-electron chi connectivity index (χ2n) is 5.40. The van der Waals surface area contributed by atoms with Gasteiger partial charge in [0.15, 0.2) is 0 Å². The van der Waals surface area contributed by atoms with E-state index in [0.717, 1.165) is 17.9 Å². The van der Waals surface area contributed by atoms with Gasteiger partial charge >= 0.3 is 0 Å². The van der Waals surface area contributed by atoms with Gasteiger partial charge in [0.1, 0.15) is 5.75 Å². The predicted molar refractivity (Wildman–Crippen MR) is 79.8 cm³/mol. The van der Waals surface area contributed by atoms with Crippen LogP contribution in [0.3, 0.4) is 0 Å². The molecule has 1 saturated carbocycles. The fourth-order valence-electron chi connectivity index (χ4n) is 2.91. The lowest BCUT2D eigenvalue weighted by atomic mass is 10.0. The molecule has 1 aromatic heterocycles. The number of rotatable bonds is 5. The predicted octanol–water partition coefficient (Wildman–Crippen LogP) is 3.99. The largest absolute Gasteiger partial charge is 0.496 e. The monoisotopic (exact) mass is 271 g/mol. The van der Waals surface area contributed by atoms with Gasteiger partial charge in [-0.2, -0.15) is 0 Å². The van der Waals surface area contributed by atoms with Gasteiger partial charge in [-0.3, -0.25) is 0 Å². The van der Waals surface area contributed by atoms with Crippen molar-refractivity contribution in [1.29, 1.82) is 0 Å². The van der Waals surface area contributed by atoms with Crippen LogP contribution in [0.25, 0.3) is 11.1 Å². The Labute approximate surface area is 119 Å². The molecule has 106 valence electrons. The van der Waals surface area contributed by atoms with Crippen LogP contribution >= 0.6 is 0 Å². The second kappa shape index (κ2) is 6.14. The minimum absolute atomic E-state index is 0.664. The van der Waals surface area contributed by atoms with Crippen molar-refractivity contribution in [3.05, 3.63) is 42.4 Å². The van der Waals surface area contributed by atoms with E-state index < -0.39 is 0 Å². The molecule has 3 nitrogen and oxygen atoms in total. The molecule has 0 spiro atoms. The zero-order valence-electron chi connectivity index (χ0n) is 11.9. The maximum atomic E-state index is 5.47. The average Bonchev–Trinajstić information content (AvgIpc) is 3.18. The van der Waals surface area contributed by atoms with E-state index in [4.69, 9.17) is 9.15 Å². The topological polar surface area (TPSA) is 34.4 Å². The number of ether oxygens (including phenoxy) is 1. The Hall–Kier alpha value is -1.74. The molecular weight excluding hydrogens is 250 g/mol. The van der Waals surface area contributed by atoms with Gasteiger partial charge in [0.05, 0.1) is 19.6 Å². The standard InChI is InChI=1S/C17H21NO2/c1-19-17-7-6-13(14-8-9-20-12-14)10-15(17)11-18-16-4-2-3-5-16/h6-10,12,16,18H,2-5,11H2,1H3. The molecule has 0 saturated heterocycles. The van der Waals surface area contributed by atoms with Gasteiger partial charge < -0.3 is 14.5 Å². The highest BCUT2D eigenvalue weighted by Gasteiger charge is 2.15. The SMILES string of the molecule is COc1ccc(-c2ccoc2)cc1CNC1CCCC1. The van der Waals surface area contributed by atoms with Crippen LogP contribution in [0.5, 0.6) is 5.75 Å². The summed E-state index contributed by atoms with van der Waals surface area (Å²) in [6, 6.07) is 8.94. The molecule has 0 radical (unpaired) electrons. The smallest absolute Gasteiger partial charge is 0.123 e. The molecule has 2 aromatic rings. The van der Waals surface area contributed by atoms with Crippen molar-refractivity contribution in [3.8, 4) is 16.9 Å². The Kier molecular flexibility index (Phi) is 4.07. The molecule has 0 unspecified atom stereocenters. The Morgan fingerprint density at radius 1 is 1.20 bits per heavy atom. The summed E-state index contributed by atoms with van der Waals surface area (Å²) in [5, 5.41) is 3.64. The lowest BCUT2D eigenvalue weighted by Gasteiger charge is -2.15. The molecule has 1 N–H and O–H groups in total. The molecule has 1 heterocycles. The van der Waals surface area contributed by atoms with E-state index >= 15 is 0 Å². The van der Waals surface area contributed by atoms with E-state index in [-0.39, 0.29) is 0 Å². The van der Waals surface area contributed by atoms with Crippen LogP contribution in [0.15, 0.2) is 41.2 Å². The maximum Gasteiger partial charge on any atom is 0.123 e. The third-order valence-electron chi connectivity index (χ3n) is 4.07. The van der Waals surface area contributed by atoms with Crippen molar-refractivity contribution in [3.63, 3.8) is 0 Å². The number of nitrogens with one attached hydrogen (secondary N) is 1. The summed E-state index contributed by atoms with van der Waals surface area (Å²) in [6.45, 7) is 0.861. The van der Waals surface area contributed by atoms with Gasteiger partial charge in [-0.1, -0.05) is 18.9 Å². The highest BCUT2D eigenvalue weighted by molar-refractivity contribution is 5.64. The van der Waals surface area contributed by atoms with Crippen LogP contribution in [0.2, 0.25) is 0 Å². The first-order chi connectivity index (χ1) is 9.86. The summed E-state index contributed by atoms with van der Waals surface area (Å²) in [4.78, 5) is 0. The average molecular weight is 271 g/mol. The highest BCUT2D eigenvalue weighted by atomic mass is 16.5. The minimum atomic E-state index is 0.664. The molecule has 20 heavy (non-hydrogen) atoms. The van der Waals surface area contributed by atoms with Crippen molar-refractivity contribution >= 4 is 0 Å². The van der Waals surface area contributed by atoms with E-state index in [1.54, 1.807) is 19.6 Å². The molecule has 0 bridgehead atoms. The summed E-state index contributed by atoms with van der Waals surface area (Å²) in [6.07, 6.45) is 8.77. The number of hydrogen-bond donors (Lipinski definition) is 1. The number of hydrogen-bond acceptors (Lipinski definition) is 3. The summed E-state index contributed by atoms with van der Waals surface area (Å²) < 4.78 is 10.6. The van der Waals surface area contributed by atoms with E-state index in [9.17, 15) is 0 Å². The summed E-state index contributed by atoms with van der Waals surface area (Å²) in [5.74, 6) is 0.947. The van der Waals surface area contributed by atoms with Crippen LogP contribution in [0, 0.1) is 0 Å². The van der Waals surface area contributed by atoms with Gasteiger partial charge in [-0.15, -0.1) is 0 Å². The normalized spacial score (nSPS) is 15.7. The first-order valence-corrected chi connectivity index (χ1v) is 7.29.